The van der Waals surface area contributed by atoms with Crippen molar-refractivity contribution in [1.82, 2.24) is 20.2 Å². The van der Waals surface area contributed by atoms with E-state index in [4.69, 9.17) is 5.73 Å². The number of hydrogen-bond acceptors (Lipinski definition) is 7. The molecular weight excluding hydrogens is 350 g/mol. The molecule has 0 radical (unpaired) electrons. The van der Waals surface area contributed by atoms with Crippen molar-refractivity contribution >= 4 is 32.4 Å². The van der Waals surface area contributed by atoms with Crippen LogP contribution in [0.4, 0.5) is 5.13 Å². The predicted octanol–water partition coefficient (Wildman–Crippen LogP) is 0.781. The SMILES string of the molecule is CCCNC(=O)c1cccc(S(=O)(=O)NCCc2nnc(N)s2)c1. The molecular formula is C14H19N5O3S2. The van der Waals surface area contributed by atoms with Crippen molar-refractivity contribution in [2.45, 2.75) is 24.7 Å². The maximum Gasteiger partial charge on any atom is 0.251 e. The van der Waals surface area contributed by atoms with Crippen molar-refractivity contribution in [2.75, 3.05) is 18.8 Å². The summed E-state index contributed by atoms with van der Waals surface area (Å²) in [5.74, 6) is -0.293. The zero-order chi connectivity index (χ0) is 17.6. The van der Waals surface area contributed by atoms with E-state index in [2.05, 4.69) is 20.2 Å². The molecule has 1 amide bonds. The summed E-state index contributed by atoms with van der Waals surface area (Å²) in [5.41, 5.74) is 5.78. The van der Waals surface area contributed by atoms with Crippen LogP contribution in [-0.4, -0.2) is 37.6 Å². The largest absolute Gasteiger partial charge is 0.374 e. The van der Waals surface area contributed by atoms with Crippen molar-refractivity contribution in [3.8, 4) is 0 Å². The molecule has 1 aromatic carbocycles. The molecule has 0 aliphatic heterocycles. The molecule has 1 heterocycles. The van der Waals surface area contributed by atoms with Gasteiger partial charge in [-0.05, 0) is 24.6 Å². The van der Waals surface area contributed by atoms with Gasteiger partial charge in [-0.3, -0.25) is 4.79 Å². The van der Waals surface area contributed by atoms with Gasteiger partial charge < -0.3 is 11.1 Å². The Morgan fingerprint density at radius 3 is 2.75 bits per heavy atom. The monoisotopic (exact) mass is 369 g/mol. The second kappa shape index (κ2) is 8.18. The summed E-state index contributed by atoms with van der Waals surface area (Å²) < 4.78 is 27.1. The Bertz CT molecular complexity index is 804. The van der Waals surface area contributed by atoms with Gasteiger partial charge in [-0.2, -0.15) is 0 Å². The van der Waals surface area contributed by atoms with E-state index in [1.165, 1.54) is 23.5 Å². The van der Waals surface area contributed by atoms with Crippen LogP contribution in [0.25, 0.3) is 0 Å². The number of aromatic nitrogens is 2. The van der Waals surface area contributed by atoms with Gasteiger partial charge in [-0.1, -0.05) is 24.3 Å². The third-order valence-corrected chi connectivity index (χ3v) is 5.33. The average Bonchev–Trinajstić information content (AvgIpc) is 2.98. The number of nitrogens with one attached hydrogen (secondary N) is 2. The van der Waals surface area contributed by atoms with Crippen LogP contribution in [-0.2, 0) is 16.4 Å². The van der Waals surface area contributed by atoms with Crippen LogP contribution >= 0.6 is 11.3 Å². The molecule has 0 aliphatic rings. The fourth-order valence-electron chi connectivity index (χ4n) is 1.89. The standard InChI is InChI=1S/C14H19N5O3S2/c1-2-7-16-13(20)10-4-3-5-11(9-10)24(21,22)17-8-6-12-18-19-14(15)23-12/h3-5,9,17H,2,6-8H2,1H3,(H2,15,19)(H,16,20). The summed E-state index contributed by atoms with van der Waals surface area (Å²) in [6.45, 7) is 2.65. The van der Waals surface area contributed by atoms with E-state index in [9.17, 15) is 13.2 Å². The van der Waals surface area contributed by atoms with Gasteiger partial charge in [0, 0.05) is 25.1 Å². The third-order valence-electron chi connectivity index (χ3n) is 3.06. The quantitative estimate of drug-likeness (QED) is 0.631. The topological polar surface area (TPSA) is 127 Å². The second-order valence-corrected chi connectivity index (χ2v) is 7.83. The van der Waals surface area contributed by atoms with Gasteiger partial charge in [0.25, 0.3) is 5.91 Å². The van der Waals surface area contributed by atoms with Gasteiger partial charge in [0.2, 0.25) is 15.2 Å². The smallest absolute Gasteiger partial charge is 0.251 e. The van der Waals surface area contributed by atoms with Gasteiger partial charge in [0.05, 0.1) is 4.90 Å². The fourth-order valence-corrected chi connectivity index (χ4v) is 3.57. The minimum atomic E-state index is -3.70. The first-order valence-corrected chi connectivity index (χ1v) is 9.68. The first-order valence-electron chi connectivity index (χ1n) is 7.38. The number of amides is 1. The number of benzene rings is 1. The van der Waals surface area contributed by atoms with Gasteiger partial charge in [-0.15, -0.1) is 10.2 Å². The number of carbonyl (C=O) groups is 1. The van der Waals surface area contributed by atoms with Crippen molar-refractivity contribution in [3.05, 3.63) is 34.8 Å². The summed E-state index contributed by atoms with van der Waals surface area (Å²) >= 11 is 1.22. The van der Waals surface area contributed by atoms with Crippen LogP contribution in [0.3, 0.4) is 0 Å². The zero-order valence-corrected chi connectivity index (χ0v) is 14.8. The molecule has 130 valence electrons. The lowest BCUT2D eigenvalue weighted by molar-refractivity contribution is 0.0953. The Morgan fingerprint density at radius 1 is 1.29 bits per heavy atom. The highest BCUT2D eigenvalue weighted by Crippen LogP contribution is 2.13. The van der Waals surface area contributed by atoms with E-state index in [1.54, 1.807) is 12.1 Å². The van der Waals surface area contributed by atoms with Crippen LogP contribution in [0.2, 0.25) is 0 Å². The highest BCUT2D eigenvalue weighted by molar-refractivity contribution is 7.89. The van der Waals surface area contributed by atoms with Crippen LogP contribution in [0.15, 0.2) is 29.2 Å². The first-order chi connectivity index (χ1) is 11.4. The highest BCUT2D eigenvalue weighted by atomic mass is 32.2. The molecule has 0 saturated carbocycles. The first kappa shape index (κ1) is 18.3. The minimum Gasteiger partial charge on any atom is -0.374 e. The molecule has 0 spiro atoms. The number of carbonyl (C=O) groups excluding carboxylic acids is 1. The van der Waals surface area contributed by atoms with E-state index in [1.807, 2.05) is 6.92 Å². The molecule has 24 heavy (non-hydrogen) atoms. The second-order valence-electron chi connectivity index (χ2n) is 4.97. The Hall–Kier alpha value is -2.04. The van der Waals surface area contributed by atoms with Crippen LogP contribution in [0.1, 0.15) is 28.7 Å². The Morgan fingerprint density at radius 2 is 2.08 bits per heavy atom. The van der Waals surface area contributed by atoms with Gasteiger partial charge in [0.1, 0.15) is 5.01 Å². The molecule has 0 bridgehead atoms. The fraction of sp³-hybridized carbons (Fsp3) is 0.357. The summed E-state index contributed by atoms with van der Waals surface area (Å²) in [6, 6.07) is 5.92. The molecule has 4 N–H and O–H groups in total. The number of nitrogen functional groups attached to an aromatic ring is 1. The van der Waals surface area contributed by atoms with E-state index in [0.717, 1.165) is 6.42 Å². The number of hydrogen-bond donors (Lipinski definition) is 3. The van der Waals surface area contributed by atoms with Crippen molar-refractivity contribution in [3.63, 3.8) is 0 Å². The number of rotatable bonds is 8. The lowest BCUT2D eigenvalue weighted by Gasteiger charge is -2.08. The van der Waals surface area contributed by atoms with Gasteiger partial charge in [-0.25, -0.2) is 13.1 Å². The van der Waals surface area contributed by atoms with Gasteiger partial charge in [0.15, 0.2) is 0 Å². The molecule has 0 fully saturated rings. The maximum atomic E-state index is 12.3. The lowest BCUT2D eigenvalue weighted by Crippen LogP contribution is -2.27. The molecule has 10 heteroatoms. The van der Waals surface area contributed by atoms with E-state index >= 15 is 0 Å². The molecule has 8 nitrogen and oxygen atoms in total. The number of nitrogens with two attached hydrogens (primary N) is 1. The van der Waals surface area contributed by atoms with Crippen molar-refractivity contribution in [1.29, 1.82) is 0 Å². The number of anilines is 1. The van der Waals surface area contributed by atoms with E-state index in [0.29, 0.717) is 28.7 Å². The molecule has 1 aromatic heterocycles. The third kappa shape index (κ3) is 4.98. The van der Waals surface area contributed by atoms with Crippen molar-refractivity contribution < 1.29 is 13.2 Å². The Balaban J connectivity index is 2.01. The molecule has 0 aliphatic carbocycles. The molecule has 2 aromatic rings. The highest BCUT2D eigenvalue weighted by Gasteiger charge is 2.16. The number of sulfonamides is 1. The molecule has 2 rings (SSSR count). The maximum absolute atomic E-state index is 12.3. The summed E-state index contributed by atoms with van der Waals surface area (Å²) in [4.78, 5) is 12.0. The summed E-state index contributed by atoms with van der Waals surface area (Å²) in [7, 11) is -3.70. The van der Waals surface area contributed by atoms with Gasteiger partial charge >= 0.3 is 0 Å². The summed E-state index contributed by atoms with van der Waals surface area (Å²) in [6.07, 6.45) is 1.20. The predicted molar refractivity (Wildman–Crippen MR) is 92.3 cm³/mol. The minimum absolute atomic E-state index is 0.0448. The van der Waals surface area contributed by atoms with Crippen molar-refractivity contribution in [2.24, 2.45) is 0 Å². The molecule has 0 unspecified atom stereocenters. The zero-order valence-electron chi connectivity index (χ0n) is 13.2. The van der Waals surface area contributed by atoms with Crippen LogP contribution < -0.4 is 15.8 Å². The Labute approximate surface area is 144 Å². The Kier molecular flexibility index (Phi) is 6.23. The summed E-state index contributed by atoms with van der Waals surface area (Å²) in [5, 5.41) is 11.2. The molecule has 0 atom stereocenters. The number of nitrogens with zero attached hydrogens (tertiary/aromatic N) is 2. The average molecular weight is 369 g/mol. The van der Waals surface area contributed by atoms with Crippen LogP contribution in [0.5, 0.6) is 0 Å². The van der Waals surface area contributed by atoms with Crippen LogP contribution in [0, 0.1) is 0 Å². The molecule has 0 saturated heterocycles. The van der Waals surface area contributed by atoms with E-state index < -0.39 is 10.0 Å². The van der Waals surface area contributed by atoms with E-state index in [-0.39, 0.29) is 17.3 Å². The normalized spacial score (nSPS) is 11.4. The lowest BCUT2D eigenvalue weighted by atomic mass is 10.2.